The van der Waals surface area contributed by atoms with E-state index in [0.29, 0.717) is 11.3 Å². The fourth-order valence-electron chi connectivity index (χ4n) is 1.95. The van der Waals surface area contributed by atoms with E-state index in [-0.39, 0.29) is 16.8 Å². The second-order valence-corrected chi connectivity index (χ2v) is 4.56. The van der Waals surface area contributed by atoms with Crippen molar-refractivity contribution in [2.75, 3.05) is 5.32 Å². The molecule has 0 aromatic heterocycles. The molecule has 0 saturated heterocycles. The zero-order chi connectivity index (χ0) is 16.3. The maximum Gasteiger partial charge on any atom is 0.335 e. The molecule has 0 unspecified atom stereocenters. The third kappa shape index (κ3) is 3.09. The number of para-hydroxylation sites is 1. The van der Waals surface area contributed by atoms with E-state index in [4.69, 9.17) is 5.11 Å². The summed E-state index contributed by atoms with van der Waals surface area (Å²) in [5.74, 6) is -1.70. The van der Waals surface area contributed by atoms with E-state index in [0.717, 1.165) is 0 Å². The number of benzene rings is 2. The molecule has 0 radical (unpaired) electrons. The van der Waals surface area contributed by atoms with Crippen molar-refractivity contribution in [3.8, 4) is 0 Å². The van der Waals surface area contributed by atoms with Crippen molar-refractivity contribution >= 4 is 23.3 Å². The number of aromatic carboxylic acids is 1. The number of carbonyl (C=O) groups excluding carboxylic acids is 1. The molecule has 0 fully saturated rings. The standard InChI is InChI=1S/C15H12N2O5/c1-9-8-10(15(19)20)6-7-12(9)16-14(18)11-4-2-3-5-13(11)17(21)22/h2-8H,1H3,(H,16,18)(H,19,20). The highest BCUT2D eigenvalue weighted by atomic mass is 16.6. The van der Waals surface area contributed by atoms with Crippen molar-refractivity contribution in [2.45, 2.75) is 6.92 Å². The Hall–Kier alpha value is -3.22. The molecule has 0 saturated carbocycles. The Kier molecular flexibility index (Phi) is 4.17. The van der Waals surface area contributed by atoms with Gasteiger partial charge in [-0.15, -0.1) is 0 Å². The Morgan fingerprint density at radius 2 is 1.86 bits per heavy atom. The summed E-state index contributed by atoms with van der Waals surface area (Å²) in [6, 6.07) is 9.82. The summed E-state index contributed by atoms with van der Waals surface area (Å²) in [5, 5.41) is 22.4. The molecule has 0 spiro atoms. The van der Waals surface area contributed by atoms with E-state index in [2.05, 4.69) is 5.32 Å². The normalized spacial score (nSPS) is 10.0. The number of carboxylic acids is 1. The summed E-state index contributed by atoms with van der Waals surface area (Å²) < 4.78 is 0. The number of aryl methyl sites for hydroxylation is 1. The second kappa shape index (κ2) is 6.04. The number of nitro groups is 1. The highest BCUT2D eigenvalue weighted by Gasteiger charge is 2.19. The van der Waals surface area contributed by atoms with Gasteiger partial charge in [-0.2, -0.15) is 0 Å². The van der Waals surface area contributed by atoms with Gasteiger partial charge in [0.05, 0.1) is 10.5 Å². The van der Waals surface area contributed by atoms with E-state index in [1.807, 2.05) is 0 Å². The molecule has 2 aromatic carbocycles. The van der Waals surface area contributed by atoms with Gasteiger partial charge in [-0.3, -0.25) is 14.9 Å². The summed E-state index contributed by atoms with van der Waals surface area (Å²) in [7, 11) is 0. The number of rotatable bonds is 4. The van der Waals surface area contributed by atoms with Crippen molar-refractivity contribution in [1.29, 1.82) is 0 Å². The van der Waals surface area contributed by atoms with Gasteiger partial charge in [0.2, 0.25) is 0 Å². The van der Waals surface area contributed by atoms with Crippen LogP contribution in [0.3, 0.4) is 0 Å². The number of carboxylic acid groups (broad SMARTS) is 1. The van der Waals surface area contributed by atoms with Gasteiger partial charge in [-0.1, -0.05) is 12.1 Å². The van der Waals surface area contributed by atoms with Gasteiger partial charge in [0.15, 0.2) is 0 Å². The van der Waals surface area contributed by atoms with Crippen molar-refractivity contribution in [3.05, 3.63) is 69.3 Å². The SMILES string of the molecule is Cc1cc(C(=O)O)ccc1NC(=O)c1ccccc1[N+](=O)[O-]. The maximum atomic E-state index is 12.2. The lowest BCUT2D eigenvalue weighted by Crippen LogP contribution is -2.14. The van der Waals surface area contributed by atoms with Crippen LogP contribution in [0.5, 0.6) is 0 Å². The summed E-state index contributed by atoms with van der Waals surface area (Å²) in [4.78, 5) is 33.3. The van der Waals surface area contributed by atoms with E-state index in [1.54, 1.807) is 6.92 Å². The number of nitrogens with one attached hydrogen (secondary N) is 1. The zero-order valence-electron chi connectivity index (χ0n) is 11.6. The van der Waals surface area contributed by atoms with Gasteiger partial charge < -0.3 is 10.4 Å². The van der Waals surface area contributed by atoms with Gasteiger partial charge in [0.25, 0.3) is 11.6 Å². The number of anilines is 1. The molecular weight excluding hydrogens is 288 g/mol. The first-order chi connectivity index (χ1) is 10.4. The monoisotopic (exact) mass is 300 g/mol. The number of carbonyl (C=O) groups is 2. The Balaban J connectivity index is 2.30. The molecule has 0 aliphatic heterocycles. The lowest BCUT2D eigenvalue weighted by molar-refractivity contribution is -0.385. The molecule has 1 amide bonds. The first kappa shape index (κ1) is 15.2. The van der Waals surface area contributed by atoms with Crippen LogP contribution in [0.1, 0.15) is 26.3 Å². The number of nitro benzene ring substituents is 1. The van der Waals surface area contributed by atoms with E-state index in [9.17, 15) is 19.7 Å². The predicted octanol–water partition coefficient (Wildman–Crippen LogP) is 2.85. The largest absolute Gasteiger partial charge is 0.478 e. The molecule has 7 nitrogen and oxygen atoms in total. The van der Waals surface area contributed by atoms with Crippen LogP contribution in [0.2, 0.25) is 0 Å². The molecule has 0 bridgehead atoms. The Morgan fingerprint density at radius 1 is 1.18 bits per heavy atom. The fraction of sp³-hybridized carbons (Fsp3) is 0.0667. The Morgan fingerprint density at radius 3 is 2.45 bits per heavy atom. The third-order valence-corrected chi connectivity index (χ3v) is 3.07. The molecule has 0 aliphatic carbocycles. The smallest absolute Gasteiger partial charge is 0.335 e. The van der Waals surface area contributed by atoms with Crippen LogP contribution in [0.15, 0.2) is 42.5 Å². The lowest BCUT2D eigenvalue weighted by atomic mass is 10.1. The van der Waals surface area contributed by atoms with Gasteiger partial charge in [-0.25, -0.2) is 4.79 Å². The average molecular weight is 300 g/mol. The molecule has 2 rings (SSSR count). The lowest BCUT2D eigenvalue weighted by Gasteiger charge is -2.09. The van der Waals surface area contributed by atoms with Crippen LogP contribution in [-0.2, 0) is 0 Å². The minimum absolute atomic E-state index is 0.0609. The minimum atomic E-state index is -1.07. The van der Waals surface area contributed by atoms with Crippen LogP contribution in [0, 0.1) is 17.0 Å². The Labute approximate surface area is 125 Å². The maximum absolute atomic E-state index is 12.2. The summed E-state index contributed by atoms with van der Waals surface area (Å²) >= 11 is 0. The first-order valence-corrected chi connectivity index (χ1v) is 6.29. The number of nitrogens with zero attached hydrogens (tertiary/aromatic N) is 1. The van der Waals surface area contributed by atoms with E-state index < -0.39 is 16.8 Å². The van der Waals surface area contributed by atoms with Gasteiger partial charge in [0, 0.05) is 11.8 Å². The predicted molar refractivity (Wildman–Crippen MR) is 79.2 cm³/mol. The van der Waals surface area contributed by atoms with E-state index >= 15 is 0 Å². The topological polar surface area (TPSA) is 110 Å². The van der Waals surface area contributed by atoms with Crippen LogP contribution in [0.4, 0.5) is 11.4 Å². The second-order valence-electron chi connectivity index (χ2n) is 4.56. The van der Waals surface area contributed by atoms with Gasteiger partial charge in [0.1, 0.15) is 5.56 Å². The molecular formula is C15H12N2O5. The van der Waals surface area contributed by atoms with Crippen molar-refractivity contribution in [1.82, 2.24) is 0 Å². The van der Waals surface area contributed by atoms with Gasteiger partial charge in [-0.05, 0) is 36.8 Å². The molecule has 2 aromatic rings. The quantitative estimate of drug-likeness (QED) is 0.666. The van der Waals surface area contributed by atoms with Crippen LogP contribution in [-0.4, -0.2) is 21.9 Å². The van der Waals surface area contributed by atoms with Crippen molar-refractivity contribution in [2.24, 2.45) is 0 Å². The summed E-state index contributed by atoms with van der Waals surface area (Å²) in [6.45, 7) is 1.64. The minimum Gasteiger partial charge on any atom is -0.478 e. The molecule has 0 atom stereocenters. The molecule has 2 N–H and O–H groups in total. The third-order valence-electron chi connectivity index (χ3n) is 3.07. The van der Waals surface area contributed by atoms with Crippen LogP contribution < -0.4 is 5.32 Å². The number of hydrogen-bond acceptors (Lipinski definition) is 4. The highest BCUT2D eigenvalue weighted by Crippen LogP contribution is 2.21. The molecule has 0 aliphatic rings. The zero-order valence-corrected chi connectivity index (χ0v) is 11.6. The molecule has 22 heavy (non-hydrogen) atoms. The van der Waals surface area contributed by atoms with E-state index in [1.165, 1.54) is 42.5 Å². The fourth-order valence-corrected chi connectivity index (χ4v) is 1.95. The average Bonchev–Trinajstić information content (AvgIpc) is 2.48. The molecule has 0 heterocycles. The summed E-state index contributed by atoms with van der Waals surface area (Å²) in [6.07, 6.45) is 0. The van der Waals surface area contributed by atoms with Gasteiger partial charge >= 0.3 is 5.97 Å². The summed E-state index contributed by atoms with van der Waals surface area (Å²) in [5.41, 5.74) is 0.690. The van der Waals surface area contributed by atoms with Crippen molar-refractivity contribution in [3.63, 3.8) is 0 Å². The Bertz CT molecular complexity index is 770. The highest BCUT2D eigenvalue weighted by molar-refractivity contribution is 6.07. The number of amides is 1. The van der Waals surface area contributed by atoms with Crippen molar-refractivity contribution < 1.29 is 19.6 Å². The molecule has 7 heteroatoms. The first-order valence-electron chi connectivity index (χ1n) is 6.29. The van der Waals surface area contributed by atoms with Crippen LogP contribution in [0.25, 0.3) is 0 Å². The van der Waals surface area contributed by atoms with Crippen LogP contribution >= 0.6 is 0 Å². The molecule has 112 valence electrons. The number of hydrogen-bond donors (Lipinski definition) is 2.